The van der Waals surface area contributed by atoms with Gasteiger partial charge in [-0.25, -0.2) is 0 Å². The molecule has 9 atom stereocenters. The second-order valence-corrected chi connectivity index (χ2v) is 22.8. The molecule has 0 bridgehead atoms. The Kier molecular flexibility index (Phi) is 50.8. The lowest BCUT2D eigenvalue weighted by atomic mass is 9.98. The van der Waals surface area contributed by atoms with E-state index in [9.17, 15) is 40.5 Å². The van der Waals surface area contributed by atoms with Crippen LogP contribution in [0.3, 0.4) is 0 Å². The Labute approximate surface area is 461 Å². The number of hydrogen-bond acceptors (Lipinski definition) is 10. The van der Waals surface area contributed by atoms with Crippen molar-refractivity contribution in [2.75, 3.05) is 13.2 Å². The Hall–Kier alpha value is -1.41. The fourth-order valence-electron chi connectivity index (χ4n) is 10.5. The molecule has 1 aliphatic rings. The molecule has 0 saturated carbocycles. The van der Waals surface area contributed by atoms with Gasteiger partial charge in [0.1, 0.15) is 36.6 Å². The lowest BCUT2D eigenvalue weighted by molar-refractivity contribution is -0.303. The van der Waals surface area contributed by atoms with Crippen LogP contribution in [0.25, 0.3) is 0 Å². The number of ether oxygens (including phenoxy) is 2. The number of hydrogen-bond donors (Lipinski definition) is 8. The third-order valence-corrected chi connectivity index (χ3v) is 15.8. The Balaban J connectivity index is 2.24. The van der Waals surface area contributed by atoms with Crippen LogP contribution in [0.4, 0.5) is 0 Å². The minimum absolute atomic E-state index is 0.260. The van der Waals surface area contributed by atoms with Gasteiger partial charge in [0.2, 0.25) is 5.91 Å². The largest absolute Gasteiger partial charge is 0.394 e. The van der Waals surface area contributed by atoms with Gasteiger partial charge in [0.15, 0.2) is 6.29 Å². The summed E-state index contributed by atoms with van der Waals surface area (Å²) >= 11 is 0. The fraction of sp³-hybridized carbons (Fsp3) is 0.922. The van der Waals surface area contributed by atoms with E-state index in [-0.39, 0.29) is 6.42 Å². The van der Waals surface area contributed by atoms with Gasteiger partial charge in [-0.2, -0.15) is 0 Å². The minimum atomic E-state index is -1.66. The molecule has 0 aromatic carbocycles. The van der Waals surface area contributed by atoms with Crippen molar-refractivity contribution in [2.45, 2.75) is 364 Å². The number of allylic oxidation sites excluding steroid dienone is 4. The van der Waals surface area contributed by atoms with Crippen LogP contribution in [-0.4, -0.2) is 110 Å². The maximum atomic E-state index is 13.2. The molecule has 0 spiro atoms. The van der Waals surface area contributed by atoms with Crippen molar-refractivity contribution in [3.8, 4) is 0 Å². The summed E-state index contributed by atoms with van der Waals surface area (Å²) in [5.41, 5.74) is 0. The first-order chi connectivity index (χ1) is 36.7. The highest BCUT2D eigenvalue weighted by Crippen LogP contribution is 2.24. The minimum Gasteiger partial charge on any atom is -0.394 e. The Bertz CT molecular complexity index is 1270. The van der Waals surface area contributed by atoms with E-state index in [0.717, 1.165) is 44.9 Å². The van der Waals surface area contributed by atoms with Gasteiger partial charge in [-0.05, 0) is 44.9 Å². The lowest BCUT2D eigenvalue weighted by Crippen LogP contribution is -2.60. The summed E-state index contributed by atoms with van der Waals surface area (Å²) < 4.78 is 11.2. The Morgan fingerprint density at radius 2 is 0.813 bits per heavy atom. The van der Waals surface area contributed by atoms with Gasteiger partial charge in [0, 0.05) is 0 Å². The first-order valence-corrected chi connectivity index (χ1v) is 32.2. The van der Waals surface area contributed by atoms with E-state index in [1.165, 1.54) is 225 Å². The zero-order valence-electron chi connectivity index (χ0n) is 48.8. The monoisotopic (exact) mass is 1070 g/mol. The molecule has 75 heavy (non-hydrogen) atoms. The maximum absolute atomic E-state index is 13.2. The van der Waals surface area contributed by atoms with Gasteiger partial charge in [0.25, 0.3) is 0 Å². The summed E-state index contributed by atoms with van der Waals surface area (Å²) in [7, 11) is 0. The first kappa shape index (κ1) is 71.6. The highest BCUT2D eigenvalue weighted by atomic mass is 16.7. The van der Waals surface area contributed by atoms with E-state index >= 15 is 0 Å². The molecule has 0 aliphatic carbocycles. The van der Waals surface area contributed by atoms with Gasteiger partial charge in [-0.3, -0.25) is 4.79 Å². The van der Waals surface area contributed by atoms with E-state index in [1.807, 2.05) is 0 Å². The standard InChI is InChI=1S/C64H123NO10/c1-3-5-7-9-11-13-15-17-19-21-23-25-26-27-28-29-30-31-32-34-36-38-40-42-44-46-48-50-52-57(68)63(73)65-55(54-74-64-62(72)61(71)60(70)58(53-66)75-64)59(69)56(67)51-49-47-45-43-41-39-37-35-33-24-22-20-18-16-14-12-10-8-6-4-2/h23,25,27-28,55-62,64,66-72H,3-22,24,26,29-54H2,1-2H3,(H,65,73)/b25-23-,28-27-. The van der Waals surface area contributed by atoms with E-state index in [1.54, 1.807) is 0 Å². The first-order valence-electron chi connectivity index (χ1n) is 32.2. The number of nitrogens with one attached hydrogen (secondary N) is 1. The summed E-state index contributed by atoms with van der Waals surface area (Å²) in [4.78, 5) is 13.2. The molecule has 1 rings (SSSR count). The summed E-state index contributed by atoms with van der Waals surface area (Å²) in [6, 6.07) is -1.17. The SMILES string of the molecule is CCCCCCCCCCC/C=C\C/C=C\CCCCCCCCCCCCCCC(O)C(=O)NC(COC1OC(CO)C(O)C(O)C1O)C(O)C(O)CCCCCCCCCCCCCCCCCCCCCC. The Morgan fingerprint density at radius 3 is 1.19 bits per heavy atom. The third kappa shape index (κ3) is 41.3. The van der Waals surface area contributed by atoms with Crippen molar-refractivity contribution >= 4 is 5.91 Å². The predicted molar refractivity (Wildman–Crippen MR) is 312 cm³/mol. The van der Waals surface area contributed by atoms with Crippen LogP contribution >= 0.6 is 0 Å². The van der Waals surface area contributed by atoms with Crippen LogP contribution in [-0.2, 0) is 14.3 Å². The zero-order valence-corrected chi connectivity index (χ0v) is 48.8. The van der Waals surface area contributed by atoms with Crippen LogP contribution in [0.2, 0.25) is 0 Å². The van der Waals surface area contributed by atoms with E-state index in [2.05, 4.69) is 43.5 Å². The zero-order chi connectivity index (χ0) is 54.7. The number of rotatable bonds is 56. The van der Waals surface area contributed by atoms with Crippen molar-refractivity contribution in [1.82, 2.24) is 5.32 Å². The molecule has 1 saturated heterocycles. The molecular formula is C64H123NO10. The molecular weight excluding hydrogens is 943 g/mol. The highest BCUT2D eigenvalue weighted by Gasteiger charge is 2.44. The number of aliphatic hydroxyl groups is 7. The van der Waals surface area contributed by atoms with Crippen LogP contribution in [0.15, 0.2) is 24.3 Å². The average Bonchev–Trinajstić information content (AvgIpc) is 3.41. The van der Waals surface area contributed by atoms with Crippen molar-refractivity contribution in [2.24, 2.45) is 0 Å². The fourth-order valence-corrected chi connectivity index (χ4v) is 10.5. The Morgan fingerprint density at radius 1 is 0.467 bits per heavy atom. The molecule has 9 unspecified atom stereocenters. The predicted octanol–water partition coefficient (Wildman–Crippen LogP) is 14.5. The van der Waals surface area contributed by atoms with Crippen molar-refractivity contribution in [3.63, 3.8) is 0 Å². The number of amides is 1. The normalized spacial score (nSPS) is 19.8. The van der Waals surface area contributed by atoms with Crippen LogP contribution in [0.1, 0.15) is 309 Å². The quantitative estimate of drug-likeness (QED) is 0.0215. The number of unbranched alkanes of at least 4 members (excludes halogenated alkanes) is 40. The smallest absolute Gasteiger partial charge is 0.249 e. The number of carbonyl (C=O) groups excluding carboxylic acids is 1. The third-order valence-electron chi connectivity index (χ3n) is 15.8. The van der Waals surface area contributed by atoms with Gasteiger partial charge in [-0.1, -0.05) is 289 Å². The molecule has 444 valence electrons. The topological polar surface area (TPSA) is 189 Å². The average molecular weight is 1070 g/mol. The number of carbonyl (C=O) groups is 1. The summed E-state index contributed by atoms with van der Waals surface area (Å²) in [6.45, 7) is 3.50. The molecule has 0 radical (unpaired) electrons. The van der Waals surface area contributed by atoms with Crippen LogP contribution < -0.4 is 5.32 Å². The molecule has 1 heterocycles. The molecule has 1 amide bonds. The second-order valence-electron chi connectivity index (χ2n) is 22.8. The lowest BCUT2D eigenvalue weighted by Gasteiger charge is -2.40. The van der Waals surface area contributed by atoms with Gasteiger partial charge in [-0.15, -0.1) is 0 Å². The number of aliphatic hydroxyl groups excluding tert-OH is 7. The summed E-state index contributed by atoms with van der Waals surface area (Å²) in [5, 5.41) is 76.4. The van der Waals surface area contributed by atoms with Gasteiger partial charge >= 0.3 is 0 Å². The molecule has 1 fully saturated rings. The van der Waals surface area contributed by atoms with E-state index in [4.69, 9.17) is 9.47 Å². The van der Waals surface area contributed by atoms with Crippen molar-refractivity contribution in [3.05, 3.63) is 24.3 Å². The summed E-state index contributed by atoms with van der Waals surface area (Å²) in [6.07, 6.45) is 53.8. The molecule has 11 nitrogen and oxygen atoms in total. The molecule has 8 N–H and O–H groups in total. The van der Waals surface area contributed by atoms with Gasteiger partial charge in [0.05, 0.1) is 25.4 Å². The summed E-state index contributed by atoms with van der Waals surface area (Å²) in [5.74, 6) is -0.693. The molecule has 1 aliphatic heterocycles. The maximum Gasteiger partial charge on any atom is 0.249 e. The van der Waals surface area contributed by atoms with E-state index in [0.29, 0.717) is 19.3 Å². The van der Waals surface area contributed by atoms with Crippen molar-refractivity contribution < 1.29 is 50.0 Å². The molecule has 0 aromatic heterocycles. The van der Waals surface area contributed by atoms with Crippen molar-refractivity contribution in [1.29, 1.82) is 0 Å². The molecule has 0 aromatic rings. The van der Waals surface area contributed by atoms with Crippen LogP contribution in [0, 0.1) is 0 Å². The van der Waals surface area contributed by atoms with Gasteiger partial charge < -0.3 is 50.5 Å². The van der Waals surface area contributed by atoms with Crippen LogP contribution in [0.5, 0.6) is 0 Å². The molecule has 11 heteroatoms. The highest BCUT2D eigenvalue weighted by molar-refractivity contribution is 5.80. The second kappa shape index (κ2) is 53.2. The van der Waals surface area contributed by atoms with E-state index < -0.39 is 74.2 Å².